The summed E-state index contributed by atoms with van der Waals surface area (Å²) < 4.78 is 8.11. The third-order valence-corrected chi connectivity index (χ3v) is 5.28. The van der Waals surface area contributed by atoms with E-state index < -0.39 is 0 Å². The van der Waals surface area contributed by atoms with Gasteiger partial charge in [-0.15, -0.1) is 0 Å². The molecular formula is C20H19N5O3S. The van der Waals surface area contributed by atoms with E-state index in [9.17, 15) is 4.79 Å². The van der Waals surface area contributed by atoms with Crippen LogP contribution in [-0.2, 0) is 13.1 Å². The van der Waals surface area contributed by atoms with Crippen molar-refractivity contribution in [1.29, 1.82) is 0 Å². The Morgan fingerprint density at radius 2 is 2.00 bits per heavy atom. The van der Waals surface area contributed by atoms with E-state index in [-0.39, 0.29) is 18.7 Å². The molecule has 0 amide bonds. The van der Waals surface area contributed by atoms with Gasteiger partial charge in [0.1, 0.15) is 0 Å². The largest absolute Gasteiger partial charge is 0.481 e. The topological polar surface area (TPSA) is 95.1 Å². The summed E-state index contributed by atoms with van der Waals surface area (Å²) in [7, 11) is 1.58. The molecule has 3 heterocycles. The Kier molecular flexibility index (Phi) is 5.59. The number of hydrogen-bond acceptors (Lipinski definition) is 7. The summed E-state index contributed by atoms with van der Waals surface area (Å²) in [5, 5.41) is 19.0. The predicted octanol–water partition coefficient (Wildman–Crippen LogP) is 2.19. The van der Waals surface area contributed by atoms with Gasteiger partial charge < -0.3 is 9.84 Å². The fraction of sp³-hybridized carbons (Fsp3) is 0.200. The van der Waals surface area contributed by atoms with Gasteiger partial charge in [0.05, 0.1) is 44.1 Å². The van der Waals surface area contributed by atoms with Crippen LogP contribution in [0.1, 0.15) is 5.69 Å². The minimum Gasteiger partial charge on any atom is -0.481 e. The quantitative estimate of drug-likeness (QED) is 0.500. The van der Waals surface area contributed by atoms with Crippen molar-refractivity contribution in [2.24, 2.45) is 0 Å². The Morgan fingerprint density at radius 3 is 2.76 bits per heavy atom. The molecule has 0 aliphatic rings. The standard InChI is InChI=1S/C20H19N5O3S/c1-28-19-5-3-17(12-21-19)29-16-2-4-18-14(10-16)11-22-25(20(18)27)13-15-6-7-24(23-15)8-9-26/h2-7,10-12,26H,8-9,13H2,1H3. The van der Waals surface area contributed by atoms with Crippen LogP contribution in [0, 0.1) is 0 Å². The van der Waals surface area contributed by atoms with Crippen molar-refractivity contribution in [2.75, 3.05) is 13.7 Å². The number of aromatic nitrogens is 5. The third-order valence-electron chi connectivity index (χ3n) is 4.31. The lowest BCUT2D eigenvalue weighted by atomic mass is 10.2. The fourth-order valence-corrected chi connectivity index (χ4v) is 3.73. The first-order valence-electron chi connectivity index (χ1n) is 8.97. The first-order valence-corrected chi connectivity index (χ1v) is 9.79. The second kappa shape index (κ2) is 8.46. The van der Waals surface area contributed by atoms with Crippen LogP contribution in [0.5, 0.6) is 5.88 Å². The molecule has 1 aromatic carbocycles. The molecule has 8 nitrogen and oxygen atoms in total. The summed E-state index contributed by atoms with van der Waals surface area (Å²) in [5.74, 6) is 0.568. The van der Waals surface area contributed by atoms with Gasteiger partial charge in [-0.2, -0.15) is 10.2 Å². The van der Waals surface area contributed by atoms with E-state index in [2.05, 4.69) is 15.2 Å². The lowest BCUT2D eigenvalue weighted by Gasteiger charge is -2.07. The number of aliphatic hydroxyl groups excluding tert-OH is 1. The van der Waals surface area contributed by atoms with Crippen molar-refractivity contribution in [2.45, 2.75) is 22.9 Å². The van der Waals surface area contributed by atoms with Gasteiger partial charge in [0.2, 0.25) is 5.88 Å². The van der Waals surface area contributed by atoms with Gasteiger partial charge in [-0.05, 0) is 30.3 Å². The molecule has 29 heavy (non-hydrogen) atoms. The van der Waals surface area contributed by atoms with Crippen LogP contribution in [0.25, 0.3) is 10.8 Å². The molecule has 4 aromatic rings. The Labute approximate surface area is 170 Å². The van der Waals surface area contributed by atoms with Crippen molar-refractivity contribution in [3.63, 3.8) is 0 Å². The van der Waals surface area contributed by atoms with Crippen molar-refractivity contribution in [3.05, 3.63) is 71.0 Å². The molecule has 0 saturated carbocycles. The lowest BCUT2D eigenvalue weighted by Crippen LogP contribution is -2.23. The van der Waals surface area contributed by atoms with Gasteiger partial charge in [-0.1, -0.05) is 11.8 Å². The number of pyridine rings is 1. The average molecular weight is 409 g/mol. The number of hydrogen-bond donors (Lipinski definition) is 1. The molecule has 3 aromatic heterocycles. The summed E-state index contributed by atoms with van der Waals surface area (Å²) in [5.41, 5.74) is 0.549. The van der Waals surface area contributed by atoms with Gasteiger partial charge in [0, 0.05) is 33.6 Å². The van der Waals surface area contributed by atoms with Gasteiger partial charge in [-0.3, -0.25) is 9.48 Å². The minimum atomic E-state index is -0.165. The van der Waals surface area contributed by atoms with Crippen molar-refractivity contribution in [3.8, 4) is 5.88 Å². The Hall–Kier alpha value is -3.17. The molecule has 0 radical (unpaired) electrons. The Bertz CT molecular complexity index is 1190. The number of methoxy groups -OCH3 is 1. The molecule has 0 saturated heterocycles. The number of fused-ring (bicyclic) bond motifs is 1. The Balaban J connectivity index is 1.56. The number of benzene rings is 1. The van der Waals surface area contributed by atoms with Crippen molar-refractivity contribution >= 4 is 22.5 Å². The summed E-state index contributed by atoms with van der Waals surface area (Å²) >= 11 is 1.55. The summed E-state index contributed by atoms with van der Waals surface area (Å²) in [6.07, 6.45) is 5.22. The molecular weight excluding hydrogens is 390 g/mol. The highest BCUT2D eigenvalue weighted by Crippen LogP contribution is 2.29. The van der Waals surface area contributed by atoms with E-state index in [1.54, 1.807) is 42.1 Å². The van der Waals surface area contributed by atoms with E-state index in [0.717, 1.165) is 15.2 Å². The Morgan fingerprint density at radius 1 is 1.14 bits per heavy atom. The van der Waals surface area contributed by atoms with Gasteiger partial charge >= 0.3 is 0 Å². The maximum atomic E-state index is 12.8. The van der Waals surface area contributed by atoms with E-state index >= 15 is 0 Å². The zero-order valence-corrected chi connectivity index (χ0v) is 16.5. The molecule has 148 valence electrons. The minimum absolute atomic E-state index is 0.0161. The molecule has 0 unspecified atom stereocenters. The van der Waals surface area contributed by atoms with E-state index in [1.165, 1.54) is 4.68 Å². The fourth-order valence-electron chi connectivity index (χ4n) is 2.89. The molecule has 0 aliphatic carbocycles. The van der Waals surface area contributed by atoms with E-state index in [1.807, 2.05) is 36.4 Å². The average Bonchev–Trinajstić information content (AvgIpc) is 3.18. The molecule has 0 fully saturated rings. The summed E-state index contributed by atoms with van der Waals surface area (Å²) in [6, 6.07) is 11.2. The first kappa shape index (κ1) is 19.2. The molecule has 0 atom stereocenters. The van der Waals surface area contributed by atoms with Crippen LogP contribution in [0.4, 0.5) is 0 Å². The zero-order valence-electron chi connectivity index (χ0n) is 15.7. The number of ether oxygens (including phenoxy) is 1. The highest BCUT2D eigenvalue weighted by Gasteiger charge is 2.08. The second-order valence-electron chi connectivity index (χ2n) is 6.29. The van der Waals surface area contributed by atoms with Gasteiger partial charge in [0.25, 0.3) is 5.56 Å². The molecule has 1 N–H and O–H groups in total. The summed E-state index contributed by atoms with van der Waals surface area (Å²) in [6.45, 7) is 0.716. The molecule has 4 rings (SSSR count). The van der Waals surface area contributed by atoms with Crippen LogP contribution < -0.4 is 10.3 Å². The third kappa shape index (κ3) is 4.30. The maximum Gasteiger partial charge on any atom is 0.274 e. The van der Waals surface area contributed by atoms with Gasteiger partial charge in [0.15, 0.2) is 0 Å². The first-order chi connectivity index (χ1) is 14.2. The SMILES string of the molecule is COc1ccc(Sc2ccc3c(=O)n(Cc4ccn(CCO)n4)ncc3c2)cn1. The second-order valence-corrected chi connectivity index (χ2v) is 7.44. The van der Waals surface area contributed by atoms with Crippen LogP contribution in [-0.4, -0.2) is 43.4 Å². The zero-order chi connectivity index (χ0) is 20.2. The van der Waals surface area contributed by atoms with Crippen LogP contribution in [0.2, 0.25) is 0 Å². The van der Waals surface area contributed by atoms with Crippen molar-refractivity contribution < 1.29 is 9.84 Å². The monoisotopic (exact) mass is 409 g/mol. The number of aliphatic hydroxyl groups is 1. The van der Waals surface area contributed by atoms with E-state index in [0.29, 0.717) is 23.5 Å². The van der Waals surface area contributed by atoms with Crippen LogP contribution >= 0.6 is 11.8 Å². The number of nitrogens with zero attached hydrogens (tertiary/aromatic N) is 5. The van der Waals surface area contributed by atoms with E-state index in [4.69, 9.17) is 9.84 Å². The van der Waals surface area contributed by atoms with Crippen LogP contribution in [0.3, 0.4) is 0 Å². The lowest BCUT2D eigenvalue weighted by molar-refractivity contribution is 0.269. The normalized spacial score (nSPS) is 11.1. The molecule has 0 aliphatic heterocycles. The maximum absolute atomic E-state index is 12.8. The smallest absolute Gasteiger partial charge is 0.274 e. The number of rotatable bonds is 7. The predicted molar refractivity (Wildman–Crippen MR) is 109 cm³/mol. The molecule has 0 spiro atoms. The highest BCUT2D eigenvalue weighted by atomic mass is 32.2. The summed E-state index contributed by atoms with van der Waals surface area (Å²) in [4.78, 5) is 19.0. The van der Waals surface area contributed by atoms with Crippen molar-refractivity contribution in [1.82, 2.24) is 24.5 Å². The molecule has 0 bridgehead atoms. The highest BCUT2D eigenvalue weighted by molar-refractivity contribution is 7.99. The van der Waals surface area contributed by atoms with Gasteiger partial charge in [-0.25, -0.2) is 9.67 Å². The molecule has 9 heteroatoms. The van der Waals surface area contributed by atoms with Crippen LogP contribution in [0.15, 0.2) is 69.6 Å².